The Balaban J connectivity index is 1.61. The van der Waals surface area contributed by atoms with Gasteiger partial charge in [-0.2, -0.15) is 0 Å². The topological polar surface area (TPSA) is 97.1 Å². The summed E-state index contributed by atoms with van der Waals surface area (Å²) >= 11 is 1.41. The molecule has 1 fully saturated rings. The van der Waals surface area contributed by atoms with Crippen molar-refractivity contribution in [1.82, 2.24) is 10.3 Å². The predicted octanol–water partition coefficient (Wildman–Crippen LogP) is 2.98. The molecule has 2 aromatic rings. The molecule has 126 valence electrons. The van der Waals surface area contributed by atoms with Gasteiger partial charge in [-0.05, 0) is 18.4 Å². The molecule has 3 amide bonds. The summed E-state index contributed by atoms with van der Waals surface area (Å²) < 4.78 is 0. The summed E-state index contributed by atoms with van der Waals surface area (Å²) in [5, 5.41) is 6.13. The highest BCUT2D eigenvalue weighted by atomic mass is 32.1. The number of carbonyl (C=O) groups is 2. The van der Waals surface area contributed by atoms with Gasteiger partial charge in [0.1, 0.15) is 0 Å². The van der Waals surface area contributed by atoms with Crippen molar-refractivity contribution in [2.75, 3.05) is 5.32 Å². The SMILES string of the molecule is NC(=O)[C@H]1CCCC[C@H]1NC(=O)Nc1ncc(-c2ccccc2)s1. The summed E-state index contributed by atoms with van der Waals surface area (Å²) in [5.41, 5.74) is 6.49. The number of thiazole rings is 1. The molecule has 0 aliphatic heterocycles. The lowest BCUT2D eigenvalue weighted by Gasteiger charge is -2.29. The summed E-state index contributed by atoms with van der Waals surface area (Å²) in [6, 6.07) is 9.32. The number of hydrogen-bond donors (Lipinski definition) is 3. The van der Waals surface area contributed by atoms with Gasteiger partial charge in [0.15, 0.2) is 5.13 Å². The number of anilines is 1. The molecule has 1 aromatic carbocycles. The van der Waals surface area contributed by atoms with Crippen molar-refractivity contribution in [3.63, 3.8) is 0 Å². The summed E-state index contributed by atoms with van der Waals surface area (Å²) in [4.78, 5) is 28.9. The summed E-state index contributed by atoms with van der Waals surface area (Å²) in [5.74, 6) is -0.638. The fraction of sp³-hybridized carbons (Fsp3) is 0.353. The van der Waals surface area contributed by atoms with Gasteiger partial charge in [0, 0.05) is 12.2 Å². The van der Waals surface area contributed by atoms with Gasteiger partial charge in [0.05, 0.1) is 10.8 Å². The van der Waals surface area contributed by atoms with Crippen LogP contribution < -0.4 is 16.4 Å². The number of nitrogens with two attached hydrogens (primary N) is 1. The first-order chi connectivity index (χ1) is 11.6. The van der Waals surface area contributed by atoms with Crippen molar-refractivity contribution in [3.05, 3.63) is 36.5 Å². The van der Waals surface area contributed by atoms with Crippen molar-refractivity contribution < 1.29 is 9.59 Å². The first-order valence-electron chi connectivity index (χ1n) is 8.01. The van der Waals surface area contributed by atoms with E-state index in [1.807, 2.05) is 30.3 Å². The van der Waals surface area contributed by atoms with E-state index < -0.39 is 0 Å². The lowest BCUT2D eigenvalue weighted by molar-refractivity contribution is -0.123. The van der Waals surface area contributed by atoms with Crippen LogP contribution in [0.1, 0.15) is 25.7 Å². The van der Waals surface area contributed by atoms with Crippen molar-refractivity contribution in [3.8, 4) is 10.4 Å². The van der Waals surface area contributed by atoms with Crippen LogP contribution >= 0.6 is 11.3 Å². The molecule has 3 rings (SSSR count). The number of benzene rings is 1. The minimum Gasteiger partial charge on any atom is -0.369 e. The van der Waals surface area contributed by atoms with E-state index in [0.29, 0.717) is 5.13 Å². The summed E-state index contributed by atoms with van der Waals surface area (Å²) in [6.45, 7) is 0. The smallest absolute Gasteiger partial charge is 0.321 e. The van der Waals surface area contributed by atoms with E-state index in [0.717, 1.165) is 36.1 Å². The number of amides is 3. The Hall–Kier alpha value is -2.41. The maximum Gasteiger partial charge on any atom is 0.321 e. The fourth-order valence-corrected chi connectivity index (χ4v) is 3.83. The summed E-state index contributed by atoms with van der Waals surface area (Å²) in [6.07, 6.45) is 5.21. The Labute approximate surface area is 144 Å². The second-order valence-corrected chi connectivity index (χ2v) is 6.92. The third-order valence-corrected chi connectivity index (χ3v) is 5.19. The quantitative estimate of drug-likeness (QED) is 0.795. The van der Waals surface area contributed by atoms with Crippen LogP contribution in [0.3, 0.4) is 0 Å². The van der Waals surface area contributed by atoms with Gasteiger partial charge in [-0.1, -0.05) is 54.5 Å². The third kappa shape index (κ3) is 3.91. The average molecular weight is 344 g/mol. The normalized spacial score (nSPS) is 20.3. The van der Waals surface area contributed by atoms with Gasteiger partial charge in [0.2, 0.25) is 5.91 Å². The molecule has 0 radical (unpaired) electrons. The molecular formula is C17H20N4O2S. The van der Waals surface area contributed by atoms with E-state index in [1.54, 1.807) is 6.20 Å². The van der Waals surface area contributed by atoms with E-state index >= 15 is 0 Å². The van der Waals surface area contributed by atoms with Crippen LogP contribution in [0, 0.1) is 5.92 Å². The van der Waals surface area contributed by atoms with Gasteiger partial charge < -0.3 is 11.1 Å². The van der Waals surface area contributed by atoms with Gasteiger partial charge in [0.25, 0.3) is 0 Å². The van der Waals surface area contributed by atoms with Gasteiger partial charge in [-0.15, -0.1) is 0 Å². The van der Waals surface area contributed by atoms with Crippen LogP contribution in [0.4, 0.5) is 9.93 Å². The third-order valence-electron chi connectivity index (χ3n) is 4.23. The van der Waals surface area contributed by atoms with Crippen LogP contribution in [0.5, 0.6) is 0 Å². The van der Waals surface area contributed by atoms with Crippen LogP contribution in [-0.4, -0.2) is 23.0 Å². The van der Waals surface area contributed by atoms with E-state index in [-0.39, 0.29) is 23.9 Å². The Kier molecular flexibility index (Phi) is 5.10. The van der Waals surface area contributed by atoms with Gasteiger partial charge in [-0.3, -0.25) is 10.1 Å². The number of primary amides is 1. The monoisotopic (exact) mass is 344 g/mol. The van der Waals surface area contributed by atoms with E-state index in [1.165, 1.54) is 11.3 Å². The molecule has 1 heterocycles. The zero-order valence-electron chi connectivity index (χ0n) is 13.2. The average Bonchev–Trinajstić information content (AvgIpc) is 3.04. The second-order valence-electron chi connectivity index (χ2n) is 5.89. The highest BCUT2D eigenvalue weighted by Crippen LogP contribution is 2.29. The highest BCUT2D eigenvalue weighted by molar-refractivity contribution is 7.19. The highest BCUT2D eigenvalue weighted by Gasteiger charge is 2.30. The number of urea groups is 1. The molecule has 0 spiro atoms. The lowest BCUT2D eigenvalue weighted by Crippen LogP contribution is -2.48. The van der Waals surface area contributed by atoms with E-state index in [9.17, 15) is 9.59 Å². The number of rotatable bonds is 4. The van der Waals surface area contributed by atoms with Crippen molar-refractivity contribution in [2.24, 2.45) is 11.7 Å². The molecule has 0 unspecified atom stereocenters. The van der Waals surface area contributed by atoms with Crippen molar-refractivity contribution in [1.29, 1.82) is 0 Å². The zero-order chi connectivity index (χ0) is 16.9. The van der Waals surface area contributed by atoms with E-state index in [2.05, 4.69) is 15.6 Å². The number of nitrogens with one attached hydrogen (secondary N) is 2. The van der Waals surface area contributed by atoms with Crippen molar-refractivity contribution >= 4 is 28.4 Å². The molecule has 7 heteroatoms. The minimum atomic E-state index is -0.347. The standard InChI is InChI=1S/C17H20N4O2S/c18-15(22)12-8-4-5-9-13(12)20-16(23)21-17-19-10-14(24-17)11-6-2-1-3-7-11/h1-3,6-7,10,12-13H,4-5,8-9H2,(H2,18,22)(H2,19,20,21,23)/t12-,13+/m0/s1. The molecule has 1 aliphatic rings. The molecule has 0 saturated heterocycles. The summed E-state index contributed by atoms with van der Waals surface area (Å²) in [7, 11) is 0. The van der Waals surface area contributed by atoms with E-state index in [4.69, 9.17) is 5.73 Å². The maximum absolute atomic E-state index is 12.2. The molecule has 1 aromatic heterocycles. The number of hydrogen-bond acceptors (Lipinski definition) is 4. The Bertz CT molecular complexity index is 716. The molecule has 1 saturated carbocycles. The number of aromatic nitrogens is 1. The largest absolute Gasteiger partial charge is 0.369 e. The number of carbonyl (C=O) groups excluding carboxylic acids is 2. The molecular weight excluding hydrogens is 324 g/mol. The van der Waals surface area contributed by atoms with Gasteiger partial charge in [-0.25, -0.2) is 9.78 Å². The predicted molar refractivity (Wildman–Crippen MR) is 94.6 cm³/mol. The van der Waals surface area contributed by atoms with Gasteiger partial charge >= 0.3 is 6.03 Å². The molecule has 4 N–H and O–H groups in total. The fourth-order valence-electron chi connectivity index (χ4n) is 3.01. The molecule has 24 heavy (non-hydrogen) atoms. The van der Waals surface area contributed by atoms with Crippen LogP contribution in [0.25, 0.3) is 10.4 Å². The van der Waals surface area contributed by atoms with Crippen molar-refractivity contribution in [2.45, 2.75) is 31.7 Å². The Morgan fingerprint density at radius 2 is 1.92 bits per heavy atom. The van der Waals surface area contributed by atoms with Crippen LogP contribution in [0.2, 0.25) is 0 Å². The Morgan fingerprint density at radius 1 is 1.17 bits per heavy atom. The molecule has 0 bridgehead atoms. The van der Waals surface area contributed by atoms with Crippen LogP contribution in [-0.2, 0) is 4.79 Å². The first kappa shape index (κ1) is 16.4. The number of nitrogens with zero attached hydrogens (tertiary/aromatic N) is 1. The Morgan fingerprint density at radius 3 is 2.67 bits per heavy atom. The minimum absolute atomic E-state index is 0.204. The zero-order valence-corrected chi connectivity index (χ0v) is 14.0. The van der Waals surface area contributed by atoms with Crippen LogP contribution in [0.15, 0.2) is 36.5 Å². The molecule has 2 atom stereocenters. The second kappa shape index (κ2) is 7.44. The molecule has 1 aliphatic carbocycles. The lowest BCUT2D eigenvalue weighted by atomic mass is 9.84. The maximum atomic E-state index is 12.2. The molecule has 6 nitrogen and oxygen atoms in total. The first-order valence-corrected chi connectivity index (χ1v) is 8.83.